The van der Waals surface area contributed by atoms with Gasteiger partial charge in [0.15, 0.2) is 16.6 Å². The molecule has 2 N–H and O–H groups in total. The topological polar surface area (TPSA) is 55.4 Å². The van der Waals surface area contributed by atoms with E-state index in [1.54, 1.807) is 0 Å². The number of anilines is 1. The van der Waals surface area contributed by atoms with E-state index in [1.807, 2.05) is 36.5 Å². The minimum atomic E-state index is -0.179. The van der Waals surface area contributed by atoms with E-state index < -0.39 is 0 Å². The Balaban J connectivity index is 1.50. The van der Waals surface area contributed by atoms with Crippen LogP contribution in [0.5, 0.6) is 11.5 Å². The second-order valence-electron chi connectivity index (χ2n) is 6.15. The van der Waals surface area contributed by atoms with Crippen molar-refractivity contribution in [3.63, 3.8) is 0 Å². The zero-order chi connectivity index (χ0) is 16.4. The highest BCUT2D eigenvalue weighted by atomic mass is 32.1. The lowest BCUT2D eigenvalue weighted by molar-refractivity contribution is 0.174. The maximum atomic E-state index is 5.55. The summed E-state index contributed by atoms with van der Waals surface area (Å²) in [7, 11) is 0. The van der Waals surface area contributed by atoms with Crippen molar-refractivity contribution in [2.75, 3.05) is 12.1 Å². The quantitative estimate of drug-likeness (QED) is 0.833. The van der Waals surface area contributed by atoms with E-state index in [0.29, 0.717) is 5.11 Å². The first-order valence-electron chi connectivity index (χ1n) is 8.16. The molecule has 0 radical (unpaired) electrons. The van der Waals surface area contributed by atoms with Crippen LogP contribution in [-0.2, 0) is 5.54 Å². The third kappa shape index (κ3) is 2.89. The van der Waals surface area contributed by atoms with Crippen molar-refractivity contribution < 1.29 is 9.47 Å². The Bertz CT molecular complexity index is 745. The summed E-state index contributed by atoms with van der Waals surface area (Å²) in [4.78, 5) is 4.55. The standard InChI is InChI=1S/C18H19N3O2S/c24-17(20-13-6-7-14-15(11-13)23-12-22-14)21-18(8-2-3-9-18)16-5-1-4-10-19-16/h1,4-7,10-11H,2-3,8-9,12H2,(H2,20,21,24). The minimum Gasteiger partial charge on any atom is -0.454 e. The smallest absolute Gasteiger partial charge is 0.231 e. The van der Waals surface area contributed by atoms with Crippen molar-refractivity contribution in [2.45, 2.75) is 31.2 Å². The Morgan fingerprint density at radius 3 is 2.71 bits per heavy atom. The molecule has 1 aliphatic carbocycles. The van der Waals surface area contributed by atoms with Crippen molar-refractivity contribution in [1.29, 1.82) is 0 Å². The second kappa shape index (κ2) is 6.28. The molecule has 0 atom stereocenters. The molecule has 1 aliphatic heterocycles. The van der Waals surface area contributed by atoms with E-state index in [9.17, 15) is 0 Å². The number of aromatic nitrogens is 1. The third-order valence-corrected chi connectivity index (χ3v) is 4.80. The molecule has 0 unspecified atom stereocenters. The van der Waals surface area contributed by atoms with Gasteiger partial charge in [0, 0.05) is 18.0 Å². The average molecular weight is 341 g/mol. The van der Waals surface area contributed by atoms with Crippen LogP contribution in [0.1, 0.15) is 31.4 Å². The number of hydrogen-bond acceptors (Lipinski definition) is 4. The molecule has 124 valence electrons. The van der Waals surface area contributed by atoms with Crippen LogP contribution in [0.4, 0.5) is 5.69 Å². The van der Waals surface area contributed by atoms with Gasteiger partial charge in [0.05, 0.1) is 11.2 Å². The van der Waals surface area contributed by atoms with Crippen molar-refractivity contribution in [3.8, 4) is 11.5 Å². The van der Waals surface area contributed by atoms with E-state index in [-0.39, 0.29) is 12.3 Å². The summed E-state index contributed by atoms with van der Waals surface area (Å²) in [5.74, 6) is 1.50. The lowest BCUT2D eigenvalue weighted by Gasteiger charge is -2.31. The van der Waals surface area contributed by atoms with Gasteiger partial charge in [0.1, 0.15) is 0 Å². The number of thiocarbonyl (C=S) groups is 1. The third-order valence-electron chi connectivity index (χ3n) is 4.60. The first-order valence-corrected chi connectivity index (χ1v) is 8.56. The summed E-state index contributed by atoms with van der Waals surface area (Å²) in [6, 6.07) is 11.8. The van der Waals surface area contributed by atoms with Gasteiger partial charge < -0.3 is 20.1 Å². The molecule has 1 aromatic heterocycles. The minimum absolute atomic E-state index is 0.179. The van der Waals surface area contributed by atoms with Crippen LogP contribution in [0.25, 0.3) is 0 Å². The normalized spacial score (nSPS) is 17.5. The van der Waals surface area contributed by atoms with Crippen LogP contribution in [-0.4, -0.2) is 16.9 Å². The molecular formula is C18H19N3O2S. The molecule has 0 saturated heterocycles. The summed E-state index contributed by atoms with van der Waals surface area (Å²) < 4.78 is 10.7. The van der Waals surface area contributed by atoms with Gasteiger partial charge >= 0.3 is 0 Å². The van der Waals surface area contributed by atoms with Crippen LogP contribution in [0, 0.1) is 0 Å². The van der Waals surface area contributed by atoms with E-state index in [2.05, 4.69) is 21.7 Å². The first-order chi connectivity index (χ1) is 11.8. The Morgan fingerprint density at radius 1 is 1.08 bits per heavy atom. The number of ether oxygens (including phenoxy) is 2. The Labute approximate surface area is 146 Å². The Kier molecular flexibility index (Phi) is 3.98. The molecule has 24 heavy (non-hydrogen) atoms. The maximum Gasteiger partial charge on any atom is 0.231 e. The lowest BCUT2D eigenvalue weighted by Crippen LogP contribution is -2.46. The fourth-order valence-electron chi connectivity index (χ4n) is 3.42. The summed E-state index contributed by atoms with van der Waals surface area (Å²) in [6.07, 6.45) is 6.26. The number of hydrogen-bond donors (Lipinski definition) is 2. The summed E-state index contributed by atoms with van der Waals surface area (Å²) >= 11 is 5.55. The monoisotopic (exact) mass is 341 g/mol. The molecule has 2 aliphatic rings. The number of nitrogens with one attached hydrogen (secondary N) is 2. The van der Waals surface area contributed by atoms with Gasteiger partial charge in [-0.15, -0.1) is 0 Å². The molecule has 5 nitrogen and oxygen atoms in total. The molecule has 1 aromatic carbocycles. The van der Waals surface area contributed by atoms with Crippen LogP contribution in [0.2, 0.25) is 0 Å². The van der Waals surface area contributed by atoms with Gasteiger partial charge in [0.2, 0.25) is 6.79 Å². The largest absolute Gasteiger partial charge is 0.454 e. The van der Waals surface area contributed by atoms with Gasteiger partial charge in [-0.25, -0.2) is 0 Å². The fourth-order valence-corrected chi connectivity index (χ4v) is 3.74. The van der Waals surface area contributed by atoms with Gasteiger partial charge in [-0.05, 0) is 49.3 Å². The van der Waals surface area contributed by atoms with E-state index in [0.717, 1.165) is 35.7 Å². The molecule has 4 rings (SSSR count). The van der Waals surface area contributed by atoms with Crippen molar-refractivity contribution >= 4 is 23.0 Å². The van der Waals surface area contributed by atoms with Gasteiger partial charge in [0.25, 0.3) is 0 Å². The number of fused-ring (bicyclic) bond motifs is 1. The lowest BCUT2D eigenvalue weighted by atomic mass is 9.93. The van der Waals surface area contributed by atoms with Crippen molar-refractivity contribution in [1.82, 2.24) is 10.3 Å². The Morgan fingerprint density at radius 2 is 1.92 bits per heavy atom. The van der Waals surface area contributed by atoms with Gasteiger partial charge in [-0.1, -0.05) is 18.9 Å². The maximum absolute atomic E-state index is 5.55. The average Bonchev–Trinajstić information content (AvgIpc) is 3.25. The van der Waals surface area contributed by atoms with E-state index in [1.165, 1.54) is 12.8 Å². The molecule has 1 fully saturated rings. The van der Waals surface area contributed by atoms with Crippen molar-refractivity contribution in [3.05, 3.63) is 48.3 Å². The van der Waals surface area contributed by atoms with Gasteiger partial charge in [-0.3, -0.25) is 4.98 Å². The fraction of sp³-hybridized carbons (Fsp3) is 0.333. The zero-order valence-corrected chi connectivity index (χ0v) is 14.1. The molecule has 0 spiro atoms. The van der Waals surface area contributed by atoms with Crippen LogP contribution >= 0.6 is 12.2 Å². The van der Waals surface area contributed by atoms with Gasteiger partial charge in [-0.2, -0.15) is 0 Å². The van der Waals surface area contributed by atoms with Crippen LogP contribution < -0.4 is 20.1 Å². The highest BCUT2D eigenvalue weighted by molar-refractivity contribution is 7.80. The molecule has 0 amide bonds. The summed E-state index contributed by atoms with van der Waals surface area (Å²) in [6.45, 7) is 0.268. The second-order valence-corrected chi connectivity index (χ2v) is 6.56. The van der Waals surface area contributed by atoms with E-state index >= 15 is 0 Å². The molecule has 0 bridgehead atoms. The summed E-state index contributed by atoms with van der Waals surface area (Å²) in [5.41, 5.74) is 1.75. The summed E-state index contributed by atoms with van der Waals surface area (Å²) in [5, 5.41) is 7.36. The highest BCUT2D eigenvalue weighted by Crippen LogP contribution is 2.38. The predicted octanol–water partition coefficient (Wildman–Crippen LogP) is 3.57. The highest BCUT2D eigenvalue weighted by Gasteiger charge is 2.37. The molecule has 2 aromatic rings. The number of rotatable bonds is 3. The molecule has 1 saturated carbocycles. The Hall–Kier alpha value is -2.34. The first kappa shape index (κ1) is 15.2. The zero-order valence-electron chi connectivity index (χ0n) is 13.2. The SMILES string of the molecule is S=C(Nc1ccc2c(c1)OCO2)NC1(c2ccccn2)CCCC1. The van der Waals surface area contributed by atoms with Crippen LogP contribution in [0.3, 0.4) is 0 Å². The number of pyridine rings is 1. The molecule has 6 heteroatoms. The molecule has 2 heterocycles. The van der Waals surface area contributed by atoms with E-state index in [4.69, 9.17) is 21.7 Å². The number of benzene rings is 1. The number of nitrogens with zero attached hydrogens (tertiary/aromatic N) is 1. The molecular weight excluding hydrogens is 322 g/mol. The predicted molar refractivity (Wildman–Crippen MR) is 96.3 cm³/mol. The van der Waals surface area contributed by atoms with Crippen LogP contribution in [0.15, 0.2) is 42.6 Å². The van der Waals surface area contributed by atoms with Crippen molar-refractivity contribution in [2.24, 2.45) is 0 Å².